The van der Waals surface area contributed by atoms with Gasteiger partial charge in [-0.05, 0) is 49.8 Å². The average molecular weight is 382 g/mol. The fourth-order valence-electron chi connectivity index (χ4n) is 4.25. The Morgan fingerprint density at radius 3 is 2.71 bits per heavy atom. The number of allylic oxidation sites excluding steroid dienone is 1. The summed E-state index contributed by atoms with van der Waals surface area (Å²) in [6.07, 6.45) is 6.20. The third-order valence-electron chi connectivity index (χ3n) is 5.68. The molecule has 1 amide bonds. The molecular weight excluding hydrogens is 359 g/mol. The quantitative estimate of drug-likeness (QED) is 0.692. The number of rotatable bonds is 5. The van der Waals surface area contributed by atoms with Gasteiger partial charge in [-0.15, -0.1) is 0 Å². The number of hydrogen-bond acceptors (Lipinski definition) is 5. The highest BCUT2D eigenvalue weighted by Gasteiger charge is 2.48. The molecule has 1 saturated carbocycles. The fourth-order valence-corrected chi connectivity index (χ4v) is 4.25. The first kappa shape index (κ1) is 18.4. The maximum atomic E-state index is 14.1. The smallest absolute Gasteiger partial charge is 0.226 e. The number of aromatic nitrogens is 2. The van der Waals surface area contributed by atoms with Crippen LogP contribution in [0.3, 0.4) is 0 Å². The summed E-state index contributed by atoms with van der Waals surface area (Å²) in [6.45, 7) is 3.61. The second kappa shape index (κ2) is 7.22. The number of halogens is 1. The standard InChI is InChI=1S/C21H23FN4O2/c1-11(13-5-7-16(27)8-6-13)24-21(28)18-14-3-4-15(9-14)19(18)26-20-17(22)10-23-12(2)25-20/h3-8,10-11,14-15,18-19,27H,9H2,1-2H3,(H,24,28)(H,23,25,26)/t11-,14-,15+,18+,19-/m1/s1. The molecule has 0 spiro atoms. The molecule has 2 bridgehead atoms. The van der Waals surface area contributed by atoms with Crippen LogP contribution in [0.25, 0.3) is 0 Å². The number of hydrogen-bond donors (Lipinski definition) is 3. The number of aryl methyl sites for hydroxylation is 1. The lowest BCUT2D eigenvalue weighted by atomic mass is 9.87. The van der Waals surface area contributed by atoms with Crippen LogP contribution < -0.4 is 10.6 Å². The molecular formula is C21H23FN4O2. The molecule has 0 aliphatic heterocycles. The van der Waals surface area contributed by atoms with Crippen molar-refractivity contribution in [3.8, 4) is 5.75 Å². The molecule has 0 radical (unpaired) electrons. The third kappa shape index (κ3) is 3.44. The summed E-state index contributed by atoms with van der Waals surface area (Å²) in [4.78, 5) is 21.1. The van der Waals surface area contributed by atoms with Crippen LogP contribution in [0.1, 0.15) is 30.8 Å². The SMILES string of the molecule is Cc1ncc(F)c(N[C@H]2[C@@H](C(=O)N[C@H](C)c3ccc(O)cc3)[C@@H]3C=C[C@H]2C3)n1. The molecule has 0 saturated heterocycles. The zero-order valence-electron chi connectivity index (χ0n) is 15.8. The van der Waals surface area contributed by atoms with Gasteiger partial charge in [0.25, 0.3) is 0 Å². The van der Waals surface area contributed by atoms with E-state index in [1.54, 1.807) is 31.2 Å². The molecule has 6 nitrogen and oxygen atoms in total. The molecule has 2 aromatic rings. The second-order valence-corrected chi connectivity index (χ2v) is 7.58. The molecule has 28 heavy (non-hydrogen) atoms. The number of phenolic OH excluding ortho intramolecular Hbond substituents is 1. The number of amides is 1. The van der Waals surface area contributed by atoms with E-state index in [9.17, 15) is 14.3 Å². The number of nitrogens with zero attached hydrogens (tertiary/aromatic N) is 2. The number of benzene rings is 1. The summed E-state index contributed by atoms with van der Waals surface area (Å²) in [5.41, 5.74) is 0.909. The first-order chi connectivity index (χ1) is 13.4. The maximum absolute atomic E-state index is 14.1. The van der Waals surface area contributed by atoms with Crippen LogP contribution in [0.5, 0.6) is 5.75 Å². The first-order valence-corrected chi connectivity index (χ1v) is 9.45. The summed E-state index contributed by atoms with van der Waals surface area (Å²) in [7, 11) is 0. The molecule has 1 fully saturated rings. The van der Waals surface area contributed by atoms with Gasteiger partial charge < -0.3 is 15.7 Å². The molecule has 7 heteroatoms. The lowest BCUT2D eigenvalue weighted by Gasteiger charge is -2.29. The number of anilines is 1. The van der Waals surface area contributed by atoms with Crippen LogP contribution in [0.2, 0.25) is 0 Å². The van der Waals surface area contributed by atoms with Crippen molar-refractivity contribution in [3.63, 3.8) is 0 Å². The van der Waals surface area contributed by atoms with E-state index >= 15 is 0 Å². The molecule has 2 aliphatic rings. The lowest BCUT2D eigenvalue weighted by molar-refractivity contribution is -0.126. The van der Waals surface area contributed by atoms with Crippen molar-refractivity contribution < 1.29 is 14.3 Å². The van der Waals surface area contributed by atoms with E-state index in [4.69, 9.17) is 0 Å². The number of phenols is 1. The Hall–Kier alpha value is -2.96. The average Bonchev–Trinajstić information content (AvgIpc) is 3.26. The van der Waals surface area contributed by atoms with Crippen molar-refractivity contribution in [2.45, 2.75) is 32.4 Å². The van der Waals surface area contributed by atoms with Crippen molar-refractivity contribution in [2.24, 2.45) is 17.8 Å². The van der Waals surface area contributed by atoms with Crippen molar-refractivity contribution in [1.82, 2.24) is 15.3 Å². The Balaban J connectivity index is 1.51. The van der Waals surface area contributed by atoms with Crippen LogP contribution in [0.15, 0.2) is 42.6 Å². The number of aromatic hydroxyl groups is 1. The van der Waals surface area contributed by atoms with Gasteiger partial charge in [-0.25, -0.2) is 14.4 Å². The van der Waals surface area contributed by atoms with Gasteiger partial charge in [0.05, 0.1) is 18.2 Å². The zero-order valence-corrected chi connectivity index (χ0v) is 15.8. The van der Waals surface area contributed by atoms with E-state index in [-0.39, 0.29) is 47.3 Å². The fraction of sp³-hybridized carbons (Fsp3) is 0.381. The Labute approximate surface area is 162 Å². The Morgan fingerprint density at radius 2 is 1.96 bits per heavy atom. The Kier molecular flexibility index (Phi) is 4.75. The summed E-state index contributed by atoms with van der Waals surface area (Å²) >= 11 is 0. The number of fused-ring (bicyclic) bond motifs is 2. The van der Waals surface area contributed by atoms with Crippen molar-refractivity contribution in [3.05, 3.63) is 59.8 Å². The van der Waals surface area contributed by atoms with Gasteiger partial charge in [-0.2, -0.15) is 0 Å². The predicted octanol–water partition coefficient (Wildman–Crippen LogP) is 3.11. The van der Waals surface area contributed by atoms with Gasteiger partial charge in [-0.1, -0.05) is 24.3 Å². The Morgan fingerprint density at radius 1 is 1.25 bits per heavy atom. The van der Waals surface area contributed by atoms with Crippen LogP contribution >= 0.6 is 0 Å². The summed E-state index contributed by atoms with van der Waals surface area (Å²) in [5, 5.41) is 15.7. The summed E-state index contributed by atoms with van der Waals surface area (Å²) in [6, 6.07) is 6.36. The molecule has 2 aliphatic carbocycles. The molecule has 4 rings (SSSR count). The van der Waals surface area contributed by atoms with Gasteiger partial charge in [0.15, 0.2) is 11.6 Å². The van der Waals surface area contributed by atoms with E-state index in [1.807, 2.05) is 6.92 Å². The highest BCUT2D eigenvalue weighted by atomic mass is 19.1. The molecule has 146 valence electrons. The lowest BCUT2D eigenvalue weighted by Crippen LogP contribution is -2.44. The molecule has 5 atom stereocenters. The van der Waals surface area contributed by atoms with Gasteiger partial charge >= 0.3 is 0 Å². The van der Waals surface area contributed by atoms with E-state index in [2.05, 4.69) is 32.8 Å². The molecule has 1 aromatic carbocycles. The van der Waals surface area contributed by atoms with Gasteiger partial charge in [-0.3, -0.25) is 4.79 Å². The second-order valence-electron chi connectivity index (χ2n) is 7.58. The van der Waals surface area contributed by atoms with Crippen LogP contribution in [0, 0.1) is 30.5 Å². The predicted molar refractivity (Wildman–Crippen MR) is 103 cm³/mol. The van der Waals surface area contributed by atoms with Crippen LogP contribution in [0.4, 0.5) is 10.2 Å². The normalized spacial score (nSPS) is 26.2. The minimum atomic E-state index is -0.519. The van der Waals surface area contributed by atoms with E-state index < -0.39 is 5.82 Å². The van der Waals surface area contributed by atoms with Gasteiger partial charge in [0.2, 0.25) is 5.91 Å². The van der Waals surface area contributed by atoms with Gasteiger partial charge in [0, 0.05) is 6.04 Å². The van der Waals surface area contributed by atoms with E-state index in [0.717, 1.165) is 18.2 Å². The maximum Gasteiger partial charge on any atom is 0.226 e. The highest BCUT2D eigenvalue weighted by Crippen LogP contribution is 2.45. The van der Waals surface area contributed by atoms with Crippen molar-refractivity contribution >= 4 is 11.7 Å². The first-order valence-electron chi connectivity index (χ1n) is 9.45. The Bertz CT molecular complexity index is 915. The number of carbonyl (C=O) groups excluding carboxylic acids is 1. The van der Waals surface area contributed by atoms with Crippen LogP contribution in [-0.4, -0.2) is 27.0 Å². The van der Waals surface area contributed by atoms with E-state index in [1.165, 1.54) is 0 Å². The van der Waals surface area contributed by atoms with Crippen molar-refractivity contribution in [1.29, 1.82) is 0 Å². The monoisotopic (exact) mass is 382 g/mol. The third-order valence-corrected chi connectivity index (χ3v) is 5.68. The zero-order chi connectivity index (χ0) is 19.8. The number of nitrogens with one attached hydrogen (secondary N) is 2. The minimum Gasteiger partial charge on any atom is -0.508 e. The number of carbonyl (C=O) groups is 1. The van der Waals surface area contributed by atoms with Crippen molar-refractivity contribution in [2.75, 3.05) is 5.32 Å². The largest absolute Gasteiger partial charge is 0.508 e. The highest BCUT2D eigenvalue weighted by molar-refractivity contribution is 5.82. The summed E-state index contributed by atoms with van der Waals surface area (Å²) in [5.74, 6) is 0.207. The van der Waals surface area contributed by atoms with Crippen LogP contribution in [-0.2, 0) is 4.79 Å². The molecule has 3 N–H and O–H groups in total. The molecule has 1 aromatic heterocycles. The topological polar surface area (TPSA) is 87.1 Å². The van der Waals surface area contributed by atoms with Gasteiger partial charge in [0.1, 0.15) is 11.6 Å². The molecule has 1 heterocycles. The summed E-state index contributed by atoms with van der Waals surface area (Å²) < 4.78 is 14.1. The van der Waals surface area contributed by atoms with E-state index in [0.29, 0.717) is 5.82 Å². The minimum absolute atomic E-state index is 0.0684. The molecule has 0 unspecified atom stereocenters.